The van der Waals surface area contributed by atoms with Crippen LogP contribution in [0.4, 0.5) is 17.1 Å². The molecule has 0 radical (unpaired) electrons. The molecular formula is C15H19N3O. The zero-order valence-corrected chi connectivity index (χ0v) is 11.0. The normalized spacial score (nSPS) is 9.95. The molecule has 2 aromatic carbocycles. The number of nitrogens with two attached hydrogens (primary N) is 1. The zero-order valence-electron chi connectivity index (χ0n) is 11.0. The Bertz CT molecular complexity index is 494. The average Bonchev–Trinajstić information content (AvgIpc) is 2.46. The number of rotatable bonds is 6. The second kappa shape index (κ2) is 6.54. The average molecular weight is 257 g/mol. The van der Waals surface area contributed by atoms with Crippen LogP contribution >= 0.6 is 0 Å². The van der Waals surface area contributed by atoms with Gasteiger partial charge in [0.15, 0.2) is 0 Å². The lowest BCUT2D eigenvalue weighted by Crippen LogP contribution is -2.13. The molecule has 0 aromatic heterocycles. The molecule has 0 unspecified atom stereocenters. The topological polar surface area (TPSA) is 59.3 Å². The molecule has 0 saturated heterocycles. The lowest BCUT2D eigenvalue weighted by Gasteiger charge is -2.09. The van der Waals surface area contributed by atoms with Gasteiger partial charge in [-0.2, -0.15) is 0 Å². The van der Waals surface area contributed by atoms with Gasteiger partial charge in [0.25, 0.3) is 0 Å². The van der Waals surface area contributed by atoms with E-state index in [9.17, 15) is 0 Å². The van der Waals surface area contributed by atoms with E-state index in [0.29, 0.717) is 0 Å². The minimum Gasteiger partial charge on any atom is -0.497 e. The quantitative estimate of drug-likeness (QED) is 0.550. The van der Waals surface area contributed by atoms with Gasteiger partial charge in [-0.05, 0) is 48.5 Å². The van der Waals surface area contributed by atoms with Crippen LogP contribution in [0.15, 0.2) is 48.5 Å². The molecule has 0 aliphatic heterocycles. The van der Waals surface area contributed by atoms with Crippen LogP contribution in [0.1, 0.15) is 0 Å². The molecule has 4 N–H and O–H groups in total. The first kappa shape index (κ1) is 13.1. The fourth-order valence-electron chi connectivity index (χ4n) is 1.72. The smallest absolute Gasteiger partial charge is 0.119 e. The van der Waals surface area contributed by atoms with Crippen LogP contribution < -0.4 is 21.1 Å². The molecule has 0 atom stereocenters. The highest BCUT2D eigenvalue weighted by Gasteiger charge is 1.94. The second-order valence-electron chi connectivity index (χ2n) is 4.20. The Balaban J connectivity index is 1.72. The number of methoxy groups -OCH3 is 1. The lowest BCUT2D eigenvalue weighted by atomic mass is 10.3. The Labute approximate surface area is 113 Å². The van der Waals surface area contributed by atoms with Crippen molar-refractivity contribution in [3.05, 3.63) is 48.5 Å². The molecule has 0 amide bonds. The molecule has 4 heteroatoms. The van der Waals surface area contributed by atoms with Crippen molar-refractivity contribution in [1.29, 1.82) is 0 Å². The van der Waals surface area contributed by atoms with Crippen molar-refractivity contribution in [2.24, 2.45) is 0 Å². The summed E-state index contributed by atoms with van der Waals surface area (Å²) in [5.41, 5.74) is 8.57. The number of nitrogen functional groups attached to an aromatic ring is 1. The van der Waals surface area contributed by atoms with Gasteiger partial charge in [-0.3, -0.25) is 0 Å². The fraction of sp³-hybridized carbons (Fsp3) is 0.200. The maximum absolute atomic E-state index is 5.63. The maximum Gasteiger partial charge on any atom is 0.119 e. The maximum atomic E-state index is 5.63. The van der Waals surface area contributed by atoms with Crippen LogP contribution in [-0.2, 0) is 0 Å². The minimum absolute atomic E-state index is 0.780. The molecule has 0 bridgehead atoms. The molecule has 19 heavy (non-hydrogen) atoms. The molecule has 2 rings (SSSR count). The molecule has 0 saturated carbocycles. The summed E-state index contributed by atoms with van der Waals surface area (Å²) >= 11 is 0. The minimum atomic E-state index is 0.780. The Hall–Kier alpha value is -2.36. The van der Waals surface area contributed by atoms with Crippen LogP contribution in [0.3, 0.4) is 0 Å². The van der Waals surface area contributed by atoms with Gasteiger partial charge in [0.05, 0.1) is 7.11 Å². The zero-order chi connectivity index (χ0) is 13.5. The molecule has 0 aliphatic rings. The second-order valence-corrected chi connectivity index (χ2v) is 4.20. The highest BCUT2D eigenvalue weighted by molar-refractivity contribution is 5.51. The van der Waals surface area contributed by atoms with Gasteiger partial charge < -0.3 is 21.1 Å². The van der Waals surface area contributed by atoms with E-state index in [1.54, 1.807) is 7.11 Å². The first-order chi connectivity index (χ1) is 9.28. The van der Waals surface area contributed by atoms with Crippen LogP contribution in [0.5, 0.6) is 5.75 Å². The number of hydrogen-bond acceptors (Lipinski definition) is 4. The monoisotopic (exact) mass is 257 g/mol. The van der Waals surface area contributed by atoms with Gasteiger partial charge >= 0.3 is 0 Å². The van der Waals surface area contributed by atoms with Gasteiger partial charge in [-0.1, -0.05) is 0 Å². The number of hydrogen-bond donors (Lipinski definition) is 3. The summed E-state index contributed by atoms with van der Waals surface area (Å²) in [7, 11) is 1.67. The third-order valence-corrected chi connectivity index (χ3v) is 2.78. The summed E-state index contributed by atoms with van der Waals surface area (Å²) in [6.07, 6.45) is 0. The molecule has 0 heterocycles. The van der Waals surface area contributed by atoms with E-state index in [-0.39, 0.29) is 0 Å². The van der Waals surface area contributed by atoms with E-state index in [1.807, 2.05) is 48.5 Å². The molecule has 0 fully saturated rings. The molecule has 100 valence electrons. The number of anilines is 3. The van der Waals surface area contributed by atoms with E-state index in [2.05, 4.69) is 10.6 Å². The summed E-state index contributed by atoms with van der Waals surface area (Å²) in [5.74, 6) is 0.866. The summed E-state index contributed by atoms with van der Waals surface area (Å²) in [6.45, 7) is 1.69. The van der Waals surface area contributed by atoms with E-state index >= 15 is 0 Å². The van der Waals surface area contributed by atoms with Crippen molar-refractivity contribution in [3.8, 4) is 5.75 Å². The number of benzene rings is 2. The van der Waals surface area contributed by atoms with E-state index < -0.39 is 0 Å². The van der Waals surface area contributed by atoms with Crippen LogP contribution in [0, 0.1) is 0 Å². The summed E-state index contributed by atoms with van der Waals surface area (Å²) < 4.78 is 5.11. The predicted molar refractivity (Wildman–Crippen MR) is 80.8 cm³/mol. The first-order valence-corrected chi connectivity index (χ1v) is 6.25. The lowest BCUT2D eigenvalue weighted by molar-refractivity contribution is 0.415. The van der Waals surface area contributed by atoms with E-state index in [1.165, 1.54) is 0 Å². The molecular weight excluding hydrogens is 238 g/mol. The van der Waals surface area contributed by atoms with Gasteiger partial charge in [0, 0.05) is 30.2 Å². The largest absolute Gasteiger partial charge is 0.497 e. The summed E-state index contributed by atoms with van der Waals surface area (Å²) in [6, 6.07) is 15.6. The Kier molecular flexibility index (Phi) is 4.50. The van der Waals surface area contributed by atoms with Crippen LogP contribution in [0.2, 0.25) is 0 Å². The Morgan fingerprint density at radius 1 is 0.842 bits per heavy atom. The molecule has 2 aromatic rings. The van der Waals surface area contributed by atoms with Gasteiger partial charge in [0.1, 0.15) is 5.75 Å². The fourth-order valence-corrected chi connectivity index (χ4v) is 1.72. The van der Waals surface area contributed by atoms with Crippen molar-refractivity contribution < 1.29 is 4.74 Å². The van der Waals surface area contributed by atoms with E-state index in [4.69, 9.17) is 10.5 Å². The summed E-state index contributed by atoms with van der Waals surface area (Å²) in [5, 5.41) is 6.66. The summed E-state index contributed by atoms with van der Waals surface area (Å²) in [4.78, 5) is 0. The highest BCUT2D eigenvalue weighted by Crippen LogP contribution is 2.14. The molecule has 0 aliphatic carbocycles. The number of ether oxygens (including phenoxy) is 1. The van der Waals surface area contributed by atoms with Crippen LogP contribution in [-0.4, -0.2) is 20.2 Å². The van der Waals surface area contributed by atoms with Crippen molar-refractivity contribution in [2.45, 2.75) is 0 Å². The Morgan fingerprint density at radius 3 is 1.79 bits per heavy atom. The molecule has 0 spiro atoms. The third kappa shape index (κ3) is 4.10. The van der Waals surface area contributed by atoms with E-state index in [0.717, 1.165) is 35.9 Å². The van der Waals surface area contributed by atoms with Crippen LogP contribution in [0.25, 0.3) is 0 Å². The van der Waals surface area contributed by atoms with Crippen molar-refractivity contribution >= 4 is 17.1 Å². The third-order valence-electron chi connectivity index (χ3n) is 2.78. The van der Waals surface area contributed by atoms with Crippen molar-refractivity contribution in [2.75, 3.05) is 36.6 Å². The van der Waals surface area contributed by atoms with Gasteiger partial charge in [-0.25, -0.2) is 0 Å². The van der Waals surface area contributed by atoms with Crippen molar-refractivity contribution in [3.63, 3.8) is 0 Å². The Morgan fingerprint density at radius 2 is 1.32 bits per heavy atom. The first-order valence-electron chi connectivity index (χ1n) is 6.25. The standard InChI is InChI=1S/C15H19N3O/c1-19-15-8-6-14(7-9-15)18-11-10-17-13-4-2-12(16)3-5-13/h2-9,17-18H,10-11,16H2,1H3. The number of nitrogens with one attached hydrogen (secondary N) is 2. The van der Waals surface area contributed by atoms with Crippen molar-refractivity contribution in [1.82, 2.24) is 0 Å². The predicted octanol–water partition coefficient (Wildman–Crippen LogP) is 2.80. The van der Waals surface area contributed by atoms with Gasteiger partial charge in [0.2, 0.25) is 0 Å². The highest BCUT2D eigenvalue weighted by atomic mass is 16.5. The SMILES string of the molecule is COc1ccc(NCCNc2ccc(N)cc2)cc1. The van der Waals surface area contributed by atoms with Gasteiger partial charge in [-0.15, -0.1) is 0 Å². The molecule has 4 nitrogen and oxygen atoms in total.